The zero-order chi connectivity index (χ0) is 23.6. The van der Waals surface area contributed by atoms with Crippen molar-refractivity contribution in [1.82, 2.24) is 10.6 Å². The third kappa shape index (κ3) is 5.05. The normalized spacial score (nSPS) is 18.0. The minimum absolute atomic E-state index is 0.0878. The summed E-state index contributed by atoms with van der Waals surface area (Å²) in [6.07, 6.45) is 0.385. The van der Waals surface area contributed by atoms with E-state index in [1.807, 2.05) is 38.2 Å². The van der Waals surface area contributed by atoms with E-state index in [1.54, 1.807) is 0 Å². The maximum atomic E-state index is 13.8. The first-order valence-corrected chi connectivity index (χ1v) is 10.6. The van der Waals surface area contributed by atoms with Crippen molar-refractivity contribution in [2.24, 2.45) is 5.92 Å². The number of benzene rings is 2. The monoisotopic (exact) mass is 458 g/mol. The number of halogens is 2. The van der Waals surface area contributed by atoms with Crippen LogP contribution in [0.2, 0.25) is 5.02 Å². The number of ketones is 2. The minimum atomic E-state index is -0.908. The lowest BCUT2D eigenvalue weighted by Crippen LogP contribution is -2.40. The zero-order valence-electron chi connectivity index (χ0n) is 18.1. The highest BCUT2D eigenvalue weighted by atomic mass is 35.5. The van der Waals surface area contributed by atoms with Crippen molar-refractivity contribution in [1.29, 1.82) is 0 Å². The largest absolute Gasteiger partial charge is 0.338 e. The van der Waals surface area contributed by atoms with Crippen LogP contribution < -0.4 is 10.6 Å². The van der Waals surface area contributed by atoms with Crippen molar-refractivity contribution in [3.8, 4) is 0 Å². The molecular formula is C24H24ClFN2O4. The van der Waals surface area contributed by atoms with E-state index in [9.17, 15) is 23.6 Å². The first kappa shape index (κ1) is 23.6. The van der Waals surface area contributed by atoms with E-state index in [4.69, 9.17) is 11.6 Å². The number of rotatable bonds is 5. The molecule has 2 N–H and O–H groups in total. The Morgan fingerprint density at radius 1 is 1.09 bits per heavy atom. The Labute approximate surface area is 190 Å². The Morgan fingerprint density at radius 3 is 2.38 bits per heavy atom. The molecule has 32 heavy (non-hydrogen) atoms. The number of imide groups is 1. The van der Waals surface area contributed by atoms with Crippen LogP contribution in [-0.4, -0.2) is 30.0 Å². The van der Waals surface area contributed by atoms with Gasteiger partial charge in [-0.3, -0.25) is 19.7 Å². The maximum Gasteiger partial charge on any atom is 0.321 e. The number of hydrogen-bond donors (Lipinski definition) is 2. The summed E-state index contributed by atoms with van der Waals surface area (Å²) in [5.74, 6) is -3.29. The van der Waals surface area contributed by atoms with Crippen molar-refractivity contribution >= 4 is 35.1 Å². The molecule has 0 heterocycles. The fourth-order valence-electron chi connectivity index (χ4n) is 4.30. The molecule has 2 aromatic rings. The van der Waals surface area contributed by atoms with Crippen molar-refractivity contribution in [3.63, 3.8) is 0 Å². The molecule has 2 aromatic carbocycles. The van der Waals surface area contributed by atoms with E-state index in [1.165, 1.54) is 12.1 Å². The highest BCUT2D eigenvalue weighted by Gasteiger charge is 2.42. The molecule has 1 aliphatic rings. The average molecular weight is 459 g/mol. The summed E-state index contributed by atoms with van der Waals surface area (Å²) < 4.78 is 13.8. The van der Waals surface area contributed by atoms with Crippen molar-refractivity contribution in [3.05, 3.63) is 69.0 Å². The highest BCUT2D eigenvalue weighted by molar-refractivity contribution is 6.30. The number of amides is 3. The molecule has 8 heteroatoms. The topological polar surface area (TPSA) is 92.3 Å². The molecule has 0 aliphatic heterocycles. The Kier molecular flexibility index (Phi) is 7.09. The van der Waals surface area contributed by atoms with Crippen LogP contribution >= 0.6 is 11.6 Å². The van der Waals surface area contributed by atoms with Crippen LogP contribution in [0.4, 0.5) is 9.18 Å². The molecule has 6 nitrogen and oxygen atoms in total. The highest BCUT2D eigenvalue weighted by Crippen LogP contribution is 2.37. The quantitative estimate of drug-likeness (QED) is 0.657. The number of aryl methyl sites for hydroxylation is 3. The van der Waals surface area contributed by atoms with Gasteiger partial charge in [-0.25, -0.2) is 9.18 Å². The number of urea groups is 1. The van der Waals surface area contributed by atoms with Gasteiger partial charge in [0.05, 0.1) is 5.56 Å². The predicted octanol–water partition coefficient (Wildman–Crippen LogP) is 4.18. The van der Waals surface area contributed by atoms with Gasteiger partial charge >= 0.3 is 6.03 Å². The van der Waals surface area contributed by atoms with Gasteiger partial charge in [0.15, 0.2) is 5.78 Å². The van der Waals surface area contributed by atoms with Gasteiger partial charge in [0, 0.05) is 23.9 Å². The molecule has 0 spiro atoms. The molecular weight excluding hydrogens is 435 g/mol. The van der Waals surface area contributed by atoms with Gasteiger partial charge in [0.2, 0.25) is 0 Å². The minimum Gasteiger partial charge on any atom is -0.338 e. The first-order chi connectivity index (χ1) is 15.1. The summed E-state index contributed by atoms with van der Waals surface area (Å²) in [6, 6.07) is 6.60. The molecule has 0 saturated heterocycles. The van der Waals surface area contributed by atoms with Gasteiger partial charge in [-0.15, -0.1) is 0 Å². The number of Topliss-reactive ketones (excluding diaryl/α,β-unsaturated/α-hetero) is 2. The lowest BCUT2D eigenvalue weighted by molar-refractivity contribution is -0.124. The van der Waals surface area contributed by atoms with Gasteiger partial charge in [-0.1, -0.05) is 29.3 Å². The SMILES string of the molecule is Cc1cc(C)c(C2C(=O)CC(CCNC(=O)NC(=O)c3ccc(Cl)cc3F)C2=O)c(C)c1. The lowest BCUT2D eigenvalue weighted by atomic mass is 9.86. The second-order valence-corrected chi connectivity index (χ2v) is 8.57. The van der Waals surface area contributed by atoms with E-state index in [2.05, 4.69) is 5.32 Å². The van der Waals surface area contributed by atoms with E-state index in [0.29, 0.717) is 0 Å². The molecule has 1 fully saturated rings. The summed E-state index contributed by atoms with van der Waals surface area (Å²) in [5, 5.41) is 4.64. The molecule has 0 aromatic heterocycles. The second kappa shape index (κ2) is 9.61. The van der Waals surface area contributed by atoms with E-state index in [-0.39, 0.29) is 41.5 Å². The van der Waals surface area contributed by atoms with Crippen LogP contribution in [-0.2, 0) is 9.59 Å². The Morgan fingerprint density at radius 2 is 1.75 bits per heavy atom. The van der Waals surface area contributed by atoms with Gasteiger partial charge < -0.3 is 5.32 Å². The molecule has 168 valence electrons. The predicted molar refractivity (Wildman–Crippen MR) is 118 cm³/mol. The summed E-state index contributed by atoms with van der Waals surface area (Å²) in [4.78, 5) is 49.6. The van der Waals surface area contributed by atoms with Crippen LogP contribution in [0.15, 0.2) is 30.3 Å². The summed E-state index contributed by atoms with van der Waals surface area (Å²) >= 11 is 5.65. The fourth-order valence-corrected chi connectivity index (χ4v) is 4.46. The Bertz CT molecular complexity index is 1090. The van der Waals surface area contributed by atoms with Gasteiger partial charge in [-0.05, 0) is 62.1 Å². The molecule has 1 saturated carbocycles. The Balaban J connectivity index is 1.56. The van der Waals surface area contributed by atoms with Crippen molar-refractivity contribution in [2.45, 2.75) is 39.5 Å². The third-order valence-corrected chi connectivity index (χ3v) is 5.90. The Hall–Kier alpha value is -3.06. The lowest BCUT2D eigenvalue weighted by Gasteiger charge is -2.16. The van der Waals surface area contributed by atoms with Crippen LogP contribution in [0.3, 0.4) is 0 Å². The standard InChI is InChI=1S/C24H24ClFN2O4/c1-12-8-13(2)20(14(3)9-12)21-19(29)10-15(22(21)30)6-7-27-24(32)28-23(31)17-5-4-16(25)11-18(17)26/h4-5,8-9,11,15,21H,6-7,10H2,1-3H3,(H2,27,28,31,32). The van der Waals surface area contributed by atoms with Crippen molar-refractivity contribution in [2.75, 3.05) is 6.54 Å². The van der Waals surface area contributed by atoms with Gasteiger partial charge in [0.1, 0.15) is 17.5 Å². The smallest absolute Gasteiger partial charge is 0.321 e. The molecule has 3 amide bonds. The van der Waals surface area contributed by atoms with Gasteiger partial charge in [0.25, 0.3) is 5.91 Å². The van der Waals surface area contributed by atoms with E-state index in [0.717, 1.165) is 28.3 Å². The molecule has 3 rings (SSSR count). The molecule has 0 bridgehead atoms. The van der Waals surface area contributed by atoms with Crippen LogP contribution in [0.25, 0.3) is 0 Å². The van der Waals surface area contributed by atoms with Crippen LogP contribution in [0.1, 0.15) is 51.4 Å². The molecule has 0 radical (unpaired) electrons. The second-order valence-electron chi connectivity index (χ2n) is 8.14. The summed E-state index contributed by atoms with van der Waals surface area (Å²) in [6.45, 7) is 5.85. The number of carbonyl (C=O) groups is 4. The van der Waals surface area contributed by atoms with E-state index >= 15 is 0 Å². The first-order valence-electron chi connectivity index (χ1n) is 10.3. The van der Waals surface area contributed by atoms with Gasteiger partial charge in [-0.2, -0.15) is 0 Å². The fraction of sp³-hybridized carbons (Fsp3) is 0.333. The summed E-state index contributed by atoms with van der Waals surface area (Å²) in [5.41, 5.74) is 3.37. The van der Waals surface area contributed by atoms with Crippen LogP contribution in [0.5, 0.6) is 0 Å². The molecule has 2 atom stereocenters. The number of carbonyl (C=O) groups excluding carboxylic acids is 4. The number of nitrogens with one attached hydrogen (secondary N) is 2. The van der Waals surface area contributed by atoms with Crippen LogP contribution in [0, 0.1) is 32.5 Å². The average Bonchev–Trinajstić information content (AvgIpc) is 2.95. The third-order valence-electron chi connectivity index (χ3n) is 5.66. The molecule has 1 aliphatic carbocycles. The zero-order valence-corrected chi connectivity index (χ0v) is 18.8. The summed E-state index contributed by atoms with van der Waals surface area (Å²) in [7, 11) is 0. The number of hydrogen-bond acceptors (Lipinski definition) is 4. The molecule has 2 unspecified atom stereocenters. The maximum absolute atomic E-state index is 13.8. The van der Waals surface area contributed by atoms with Crippen molar-refractivity contribution < 1.29 is 23.6 Å². The van der Waals surface area contributed by atoms with E-state index < -0.39 is 29.6 Å².